The molecule has 30 heavy (non-hydrogen) atoms. The summed E-state index contributed by atoms with van der Waals surface area (Å²) in [6, 6.07) is 15.0. The fraction of sp³-hybridized carbons (Fsp3) is 0.0526. The number of benzene rings is 2. The first-order valence-electron chi connectivity index (χ1n) is 8.53. The standard InChI is InChI=1S/C19H16N4O5S2/c1-13(14-8-10-15(11-9-14)23(25)26)20-21-19(24)16-5-2-3-6-17(16)22-30(27,28)18-7-4-12-29-18/h2-12,22H,1H3,(H,21,24)/b20-13+. The number of carbonyl (C=O) groups is 1. The molecule has 0 saturated heterocycles. The quantitative estimate of drug-likeness (QED) is 0.326. The lowest BCUT2D eigenvalue weighted by Gasteiger charge is -2.11. The van der Waals surface area contributed by atoms with Gasteiger partial charge in [-0.05, 0) is 48.2 Å². The highest BCUT2D eigenvalue weighted by molar-refractivity contribution is 7.94. The van der Waals surface area contributed by atoms with E-state index in [1.807, 2.05) is 0 Å². The molecule has 0 spiro atoms. The molecule has 3 rings (SSSR count). The Hall–Kier alpha value is -3.57. The van der Waals surface area contributed by atoms with E-state index in [9.17, 15) is 23.3 Å². The Labute approximate surface area is 176 Å². The summed E-state index contributed by atoms with van der Waals surface area (Å²) >= 11 is 1.06. The van der Waals surface area contributed by atoms with Crippen LogP contribution in [0.3, 0.4) is 0 Å². The van der Waals surface area contributed by atoms with Crippen molar-refractivity contribution in [1.29, 1.82) is 0 Å². The Morgan fingerprint density at radius 2 is 1.77 bits per heavy atom. The lowest BCUT2D eigenvalue weighted by molar-refractivity contribution is -0.384. The maximum Gasteiger partial charge on any atom is 0.273 e. The van der Waals surface area contributed by atoms with Gasteiger partial charge in [-0.25, -0.2) is 13.8 Å². The first kappa shape index (κ1) is 21.1. The maximum absolute atomic E-state index is 12.6. The third-order valence-corrected chi connectivity index (χ3v) is 6.76. The SMILES string of the molecule is C/C(=N\NC(=O)c1ccccc1NS(=O)(=O)c1cccs1)c1ccc([N+](=O)[O-])cc1. The molecular formula is C19H16N4O5S2. The second kappa shape index (κ2) is 8.84. The van der Waals surface area contributed by atoms with Gasteiger partial charge in [-0.3, -0.25) is 19.6 Å². The Morgan fingerprint density at radius 3 is 2.40 bits per heavy atom. The minimum Gasteiger partial charge on any atom is -0.278 e. The second-order valence-electron chi connectivity index (χ2n) is 6.03. The van der Waals surface area contributed by atoms with E-state index >= 15 is 0 Å². The number of carbonyl (C=O) groups excluding carboxylic acids is 1. The number of non-ortho nitro benzene ring substituents is 1. The van der Waals surface area contributed by atoms with Crippen LogP contribution in [0.4, 0.5) is 11.4 Å². The molecule has 1 amide bonds. The summed E-state index contributed by atoms with van der Waals surface area (Å²) in [4.78, 5) is 22.8. The summed E-state index contributed by atoms with van der Waals surface area (Å²) in [5.74, 6) is -0.610. The number of thiophene rings is 1. The normalized spacial score (nSPS) is 11.7. The van der Waals surface area contributed by atoms with E-state index in [-0.39, 0.29) is 21.1 Å². The number of hydrogen-bond acceptors (Lipinski definition) is 7. The average molecular weight is 444 g/mol. The van der Waals surface area contributed by atoms with E-state index in [0.29, 0.717) is 11.3 Å². The van der Waals surface area contributed by atoms with E-state index in [1.165, 1.54) is 42.5 Å². The molecule has 9 nitrogen and oxygen atoms in total. The van der Waals surface area contributed by atoms with Gasteiger partial charge in [0.2, 0.25) is 0 Å². The van der Waals surface area contributed by atoms with Crippen molar-refractivity contribution >= 4 is 44.4 Å². The van der Waals surface area contributed by atoms with Crippen LogP contribution in [0.1, 0.15) is 22.8 Å². The zero-order valence-electron chi connectivity index (χ0n) is 15.6. The number of nitro benzene ring substituents is 1. The first-order valence-corrected chi connectivity index (χ1v) is 10.9. The van der Waals surface area contributed by atoms with Crippen LogP contribution in [0.15, 0.2) is 75.4 Å². The van der Waals surface area contributed by atoms with Gasteiger partial charge < -0.3 is 0 Å². The number of nitrogens with zero attached hydrogens (tertiary/aromatic N) is 2. The monoisotopic (exact) mass is 444 g/mol. The Balaban J connectivity index is 1.77. The largest absolute Gasteiger partial charge is 0.278 e. The predicted octanol–water partition coefficient (Wildman–Crippen LogP) is 3.61. The van der Waals surface area contributed by atoms with Gasteiger partial charge >= 0.3 is 0 Å². The van der Waals surface area contributed by atoms with Gasteiger partial charge in [0.05, 0.1) is 21.9 Å². The Morgan fingerprint density at radius 1 is 1.07 bits per heavy atom. The first-order chi connectivity index (χ1) is 14.3. The van der Waals surface area contributed by atoms with Crippen molar-refractivity contribution in [3.63, 3.8) is 0 Å². The predicted molar refractivity (Wildman–Crippen MR) is 114 cm³/mol. The summed E-state index contributed by atoms with van der Waals surface area (Å²) in [7, 11) is -3.81. The number of sulfonamides is 1. The number of hydrogen-bond donors (Lipinski definition) is 2. The van der Waals surface area contributed by atoms with Crippen molar-refractivity contribution in [2.45, 2.75) is 11.1 Å². The van der Waals surface area contributed by atoms with Crippen molar-refractivity contribution in [2.75, 3.05) is 4.72 Å². The van der Waals surface area contributed by atoms with Gasteiger partial charge in [0, 0.05) is 12.1 Å². The summed E-state index contributed by atoms with van der Waals surface area (Å²) in [5.41, 5.74) is 3.55. The summed E-state index contributed by atoms with van der Waals surface area (Å²) in [6.45, 7) is 1.63. The highest BCUT2D eigenvalue weighted by Gasteiger charge is 2.19. The van der Waals surface area contributed by atoms with E-state index in [2.05, 4.69) is 15.2 Å². The van der Waals surface area contributed by atoms with Crippen molar-refractivity contribution in [2.24, 2.45) is 5.10 Å². The van der Waals surface area contributed by atoms with Crippen molar-refractivity contribution < 1.29 is 18.1 Å². The van der Waals surface area contributed by atoms with Crippen LogP contribution in [0.5, 0.6) is 0 Å². The lowest BCUT2D eigenvalue weighted by atomic mass is 10.1. The molecule has 0 aliphatic carbocycles. The topological polar surface area (TPSA) is 131 Å². The van der Waals surface area contributed by atoms with Gasteiger partial charge in [-0.1, -0.05) is 18.2 Å². The third kappa shape index (κ3) is 4.88. The van der Waals surface area contributed by atoms with Crippen LogP contribution in [-0.2, 0) is 10.0 Å². The molecule has 0 bridgehead atoms. The molecule has 0 aliphatic rings. The summed E-state index contributed by atoms with van der Waals surface area (Å²) in [6.07, 6.45) is 0. The number of nitro groups is 1. The zero-order valence-corrected chi connectivity index (χ0v) is 17.2. The molecule has 2 aromatic carbocycles. The van der Waals surface area contributed by atoms with Crippen molar-refractivity contribution in [3.05, 3.63) is 87.3 Å². The van der Waals surface area contributed by atoms with Gasteiger partial charge in [0.25, 0.3) is 21.6 Å². The molecule has 0 radical (unpaired) electrons. The number of rotatable bonds is 7. The number of para-hydroxylation sites is 1. The van der Waals surface area contributed by atoms with Crippen LogP contribution in [0.25, 0.3) is 0 Å². The number of amides is 1. The van der Waals surface area contributed by atoms with E-state index in [4.69, 9.17) is 0 Å². The van der Waals surface area contributed by atoms with Crippen LogP contribution >= 0.6 is 11.3 Å². The molecule has 0 saturated carbocycles. The highest BCUT2D eigenvalue weighted by atomic mass is 32.2. The lowest BCUT2D eigenvalue weighted by Crippen LogP contribution is -2.22. The minimum absolute atomic E-state index is 0.0532. The molecule has 3 aromatic rings. The average Bonchev–Trinajstić information content (AvgIpc) is 3.28. The van der Waals surface area contributed by atoms with Gasteiger partial charge in [-0.15, -0.1) is 11.3 Å². The minimum atomic E-state index is -3.81. The summed E-state index contributed by atoms with van der Waals surface area (Å²) in [5, 5.41) is 16.4. The number of hydrazone groups is 1. The van der Waals surface area contributed by atoms with Crippen molar-refractivity contribution in [1.82, 2.24) is 5.43 Å². The molecule has 0 aliphatic heterocycles. The zero-order chi connectivity index (χ0) is 21.7. The highest BCUT2D eigenvalue weighted by Crippen LogP contribution is 2.23. The van der Waals surface area contributed by atoms with Gasteiger partial charge in [0.15, 0.2) is 0 Å². The van der Waals surface area contributed by atoms with E-state index in [0.717, 1.165) is 11.3 Å². The number of anilines is 1. The number of nitrogens with one attached hydrogen (secondary N) is 2. The fourth-order valence-corrected chi connectivity index (χ4v) is 4.54. The van der Waals surface area contributed by atoms with E-state index in [1.54, 1.807) is 30.5 Å². The molecule has 154 valence electrons. The molecule has 0 unspecified atom stereocenters. The van der Waals surface area contributed by atoms with Crippen LogP contribution in [0, 0.1) is 10.1 Å². The van der Waals surface area contributed by atoms with Crippen molar-refractivity contribution in [3.8, 4) is 0 Å². The maximum atomic E-state index is 12.6. The summed E-state index contributed by atoms with van der Waals surface area (Å²) < 4.78 is 27.5. The molecule has 1 aromatic heterocycles. The smallest absolute Gasteiger partial charge is 0.273 e. The van der Waals surface area contributed by atoms with Crippen LogP contribution in [0.2, 0.25) is 0 Å². The fourth-order valence-electron chi connectivity index (χ4n) is 2.47. The molecular weight excluding hydrogens is 428 g/mol. The molecule has 0 atom stereocenters. The molecule has 1 heterocycles. The molecule has 2 N–H and O–H groups in total. The van der Waals surface area contributed by atoms with Gasteiger partial charge in [0.1, 0.15) is 4.21 Å². The van der Waals surface area contributed by atoms with Crippen LogP contribution < -0.4 is 10.1 Å². The Bertz CT molecular complexity index is 1200. The van der Waals surface area contributed by atoms with E-state index < -0.39 is 20.9 Å². The van der Waals surface area contributed by atoms with Crippen LogP contribution in [-0.4, -0.2) is 25.0 Å². The molecule has 0 fully saturated rings. The third-order valence-electron chi connectivity index (χ3n) is 4.00. The molecule has 11 heteroatoms. The Kier molecular flexibility index (Phi) is 6.23. The van der Waals surface area contributed by atoms with Gasteiger partial charge in [-0.2, -0.15) is 5.10 Å². The second-order valence-corrected chi connectivity index (χ2v) is 8.88.